The Balaban J connectivity index is 1.57. The molecule has 2 saturated heterocycles. The maximum absolute atomic E-state index is 5.96. The molecule has 0 saturated carbocycles. The maximum atomic E-state index is 5.96. The van der Waals surface area contributed by atoms with Gasteiger partial charge in [0.1, 0.15) is 6.61 Å². The predicted molar refractivity (Wildman–Crippen MR) is 79.0 cm³/mol. The van der Waals surface area contributed by atoms with Crippen LogP contribution in [-0.4, -0.2) is 72.4 Å². The molecule has 7 nitrogen and oxygen atoms in total. The van der Waals surface area contributed by atoms with Crippen molar-refractivity contribution in [1.82, 2.24) is 19.9 Å². The van der Waals surface area contributed by atoms with Crippen molar-refractivity contribution < 1.29 is 9.47 Å². The molecule has 3 heterocycles. The Labute approximate surface area is 129 Å². The molecule has 8 heteroatoms. The minimum absolute atomic E-state index is 0.169. The summed E-state index contributed by atoms with van der Waals surface area (Å²) in [6, 6.07) is 0.302. The third-order valence-corrected chi connectivity index (χ3v) is 3.88. The summed E-state index contributed by atoms with van der Waals surface area (Å²) < 4.78 is 11.0. The van der Waals surface area contributed by atoms with E-state index in [1.165, 1.54) is 12.8 Å². The van der Waals surface area contributed by atoms with Crippen LogP contribution in [0.25, 0.3) is 0 Å². The van der Waals surface area contributed by atoms with Gasteiger partial charge in [-0.3, -0.25) is 4.90 Å². The highest BCUT2D eigenvalue weighted by Gasteiger charge is 2.17. The van der Waals surface area contributed by atoms with Gasteiger partial charge in [0.05, 0.1) is 13.2 Å². The van der Waals surface area contributed by atoms with Crippen LogP contribution < -0.4 is 9.64 Å². The molecular formula is C13H20ClN5O2. The van der Waals surface area contributed by atoms with Gasteiger partial charge >= 0.3 is 6.01 Å². The fourth-order valence-corrected chi connectivity index (χ4v) is 2.71. The van der Waals surface area contributed by atoms with Crippen molar-refractivity contribution in [3.05, 3.63) is 5.28 Å². The molecule has 3 rings (SSSR count). The Hall–Kier alpha value is -1.18. The normalized spacial score (nSPS) is 20.0. The number of aromatic nitrogens is 3. The van der Waals surface area contributed by atoms with Gasteiger partial charge < -0.3 is 14.4 Å². The lowest BCUT2D eigenvalue weighted by Gasteiger charge is -2.26. The molecule has 0 atom stereocenters. The number of likely N-dealkylation sites (tertiary alicyclic amines) is 1. The number of ether oxygens (including phenoxy) is 2. The summed E-state index contributed by atoms with van der Waals surface area (Å²) in [4.78, 5) is 17.0. The lowest BCUT2D eigenvalue weighted by atomic mass is 10.4. The zero-order valence-corrected chi connectivity index (χ0v) is 12.8. The first kappa shape index (κ1) is 14.7. The van der Waals surface area contributed by atoms with Gasteiger partial charge in [0.2, 0.25) is 11.2 Å². The van der Waals surface area contributed by atoms with Crippen molar-refractivity contribution in [3.8, 4) is 6.01 Å². The molecule has 0 spiro atoms. The number of rotatable bonds is 5. The largest absolute Gasteiger partial charge is 0.462 e. The van der Waals surface area contributed by atoms with E-state index in [2.05, 4.69) is 19.9 Å². The zero-order chi connectivity index (χ0) is 14.5. The van der Waals surface area contributed by atoms with E-state index in [9.17, 15) is 0 Å². The van der Waals surface area contributed by atoms with E-state index in [1.54, 1.807) is 0 Å². The molecule has 0 unspecified atom stereocenters. The third kappa shape index (κ3) is 4.15. The van der Waals surface area contributed by atoms with Crippen molar-refractivity contribution in [3.63, 3.8) is 0 Å². The quantitative estimate of drug-likeness (QED) is 0.798. The topological polar surface area (TPSA) is 63.6 Å². The molecule has 0 amide bonds. The van der Waals surface area contributed by atoms with Gasteiger partial charge in [0.15, 0.2) is 0 Å². The number of morpholine rings is 1. The SMILES string of the molecule is Clc1nc(OCCN2CCCC2)nc(N2CCOCC2)n1. The number of halogens is 1. The molecule has 1 aromatic heterocycles. The van der Waals surface area contributed by atoms with Crippen LogP contribution in [0.3, 0.4) is 0 Å². The molecular weight excluding hydrogens is 294 g/mol. The fourth-order valence-electron chi connectivity index (χ4n) is 2.56. The highest BCUT2D eigenvalue weighted by Crippen LogP contribution is 2.16. The molecule has 2 aliphatic heterocycles. The van der Waals surface area contributed by atoms with E-state index in [4.69, 9.17) is 21.1 Å². The Morgan fingerprint density at radius 2 is 1.81 bits per heavy atom. The van der Waals surface area contributed by atoms with E-state index in [0.717, 1.165) is 32.7 Å². The summed E-state index contributed by atoms with van der Waals surface area (Å²) in [6.07, 6.45) is 2.55. The lowest BCUT2D eigenvalue weighted by Crippen LogP contribution is -2.37. The summed E-state index contributed by atoms with van der Waals surface area (Å²) in [5, 5.41) is 0.169. The Morgan fingerprint density at radius 3 is 2.57 bits per heavy atom. The van der Waals surface area contributed by atoms with Crippen molar-refractivity contribution in [1.29, 1.82) is 0 Å². The van der Waals surface area contributed by atoms with Crippen LogP contribution in [-0.2, 0) is 4.74 Å². The third-order valence-electron chi connectivity index (χ3n) is 3.71. The van der Waals surface area contributed by atoms with Crippen molar-refractivity contribution in [2.75, 3.05) is 57.4 Å². The van der Waals surface area contributed by atoms with Crippen molar-refractivity contribution in [2.45, 2.75) is 12.8 Å². The number of nitrogens with zero attached hydrogens (tertiary/aromatic N) is 5. The molecule has 116 valence electrons. The number of anilines is 1. The number of hydrogen-bond acceptors (Lipinski definition) is 7. The van der Waals surface area contributed by atoms with Crippen LogP contribution in [0.5, 0.6) is 6.01 Å². The first-order chi connectivity index (χ1) is 10.3. The summed E-state index contributed by atoms with van der Waals surface area (Å²) in [7, 11) is 0. The van der Waals surface area contributed by atoms with Gasteiger partial charge in [0, 0.05) is 19.6 Å². The molecule has 2 fully saturated rings. The van der Waals surface area contributed by atoms with E-state index < -0.39 is 0 Å². The molecule has 0 N–H and O–H groups in total. The molecule has 21 heavy (non-hydrogen) atoms. The number of hydrogen-bond donors (Lipinski definition) is 0. The lowest BCUT2D eigenvalue weighted by molar-refractivity contribution is 0.122. The summed E-state index contributed by atoms with van der Waals surface area (Å²) in [6.45, 7) is 6.64. The standard InChI is InChI=1S/C13H20ClN5O2/c14-11-15-12(19-6-8-20-9-7-19)17-13(16-11)21-10-5-18-3-1-2-4-18/h1-10H2. The van der Waals surface area contributed by atoms with Gasteiger partial charge in [-0.2, -0.15) is 15.0 Å². The fraction of sp³-hybridized carbons (Fsp3) is 0.769. The molecule has 0 radical (unpaired) electrons. The van der Waals surface area contributed by atoms with E-state index in [1.807, 2.05) is 4.90 Å². The van der Waals surface area contributed by atoms with Crippen molar-refractivity contribution >= 4 is 17.5 Å². The van der Waals surface area contributed by atoms with E-state index in [0.29, 0.717) is 31.8 Å². The molecule has 0 bridgehead atoms. The van der Waals surface area contributed by atoms with E-state index in [-0.39, 0.29) is 5.28 Å². The second-order valence-electron chi connectivity index (χ2n) is 5.18. The first-order valence-corrected chi connectivity index (χ1v) is 7.78. The minimum atomic E-state index is 0.169. The van der Waals surface area contributed by atoms with E-state index >= 15 is 0 Å². The highest BCUT2D eigenvalue weighted by atomic mass is 35.5. The smallest absolute Gasteiger partial charge is 0.322 e. The van der Waals surface area contributed by atoms with Crippen molar-refractivity contribution in [2.24, 2.45) is 0 Å². The second-order valence-corrected chi connectivity index (χ2v) is 5.52. The Kier molecular flexibility index (Phi) is 5.05. The highest BCUT2D eigenvalue weighted by molar-refractivity contribution is 6.28. The van der Waals surface area contributed by atoms with Crippen LogP contribution in [0, 0.1) is 0 Å². The minimum Gasteiger partial charge on any atom is -0.462 e. The molecule has 2 aliphatic rings. The van der Waals surface area contributed by atoms with Gasteiger partial charge in [-0.15, -0.1) is 0 Å². The Bertz CT molecular complexity index is 464. The van der Waals surface area contributed by atoms with Crippen LogP contribution >= 0.6 is 11.6 Å². The van der Waals surface area contributed by atoms with Gasteiger partial charge in [-0.25, -0.2) is 0 Å². The predicted octanol–water partition coefficient (Wildman–Crippen LogP) is 0.836. The second kappa shape index (κ2) is 7.20. The summed E-state index contributed by atoms with van der Waals surface area (Å²) in [5.74, 6) is 0.564. The average Bonchev–Trinajstić information content (AvgIpc) is 3.01. The zero-order valence-electron chi connectivity index (χ0n) is 12.0. The van der Waals surface area contributed by atoms with Crippen LogP contribution in [0.1, 0.15) is 12.8 Å². The molecule has 0 aromatic carbocycles. The monoisotopic (exact) mass is 313 g/mol. The van der Waals surface area contributed by atoms with Gasteiger partial charge in [0.25, 0.3) is 0 Å². The van der Waals surface area contributed by atoms with Gasteiger partial charge in [-0.05, 0) is 37.5 Å². The maximum Gasteiger partial charge on any atom is 0.322 e. The van der Waals surface area contributed by atoms with Crippen LogP contribution in [0.15, 0.2) is 0 Å². The molecule has 1 aromatic rings. The molecule has 0 aliphatic carbocycles. The average molecular weight is 314 g/mol. The summed E-state index contributed by atoms with van der Waals surface area (Å²) >= 11 is 5.96. The van der Waals surface area contributed by atoms with Crippen LogP contribution in [0.2, 0.25) is 5.28 Å². The first-order valence-electron chi connectivity index (χ1n) is 7.41. The summed E-state index contributed by atoms with van der Waals surface area (Å²) in [5.41, 5.74) is 0. The Morgan fingerprint density at radius 1 is 1.05 bits per heavy atom. The van der Waals surface area contributed by atoms with Gasteiger partial charge in [-0.1, -0.05) is 0 Å². The van der Waals surface area contributed by atoms with Crippen LogP contribution in [0.4, 0.5) is 5.95 Å².